The number of rotatable bonds is 1. The van der Waals surface area contributed by atoms with Crippen molar-refractivity contribution in [3.05, 3.63) is 78.9 Å². The Balaban J connectivity index is 0.000000163. The van der Waals surface area contributed by atoms with E-state index in [1.165, 1.54) is 5.56 Å². The molecule has 19 heavy (non-hydrogen) atoms. The molecular weight excluding hydrogens is 234 g/mol. The molecule has 0 radical (unpaired) electrons. The summed E-state index contributed by atoms with van der Waals surface area (Å²) in [5.74, 6) is 0. The van der Waals surface area contributed by atoms with Gasteiger partial charge in [-0.25, -0.2) is 0 Å². The third-order valence-electron chi connectivity index (χ3n) is 2.44. The summed E-state index contributed by atoms with van der Waals surface area (Å²) in [7, 11) is 0. The largest absolute Gasteiger partial charge is 0.265 e. The molecule has 0 unspecified atom stereocenters. The molecule has 0 aliphatic carbocycles. The van der Waals surface area contributed by atoms with Crippen molar-refractivity contribution in [3.8, 4) is 11.4 Å². The predicted octanol–water partition coefficient (Wildman–Crippen LogP) is 3.53. The average molecular weight is 249 g/mol. The Kier molecular flexibility index (Phi) is 4.76. The van der Waals surface area contributed by atoms with E-state index >= 15 is 0 Å². The first-order chi connectivity index (χ1) is 9.36. The van der Waals surface area contributed by atoms with Crippen LogP contribution in [0.1, 0.15) is 5.56 Å². The minimum absolute atomic E-state index is 0.915. The van der Waals surface area contributed by atoms with E-state index in [0.29, 0.717) is 0 Å². The lowest BCUT2D eigenvalue weighted by Gasteiger charge is -1.96. The number of nitrogens with zero attached hydrogens (tertiary/aromatic N) is 3. The summed E-state index contributed by atoms with van der Waals surface area (Å²) in [4.78, 5) is 12.2. The van der Waals surface area contributed by atoms with Crippen molar-refractivity contribution >= 4 is 0 Å². The Labute approximate surface area is 113 Å². The van der Waals surface area contributed by atoms with Crippen molar-refractivity contribution in [3.63, 3.8) is 0 Å². The number of hydrogen-bond donors (Lipinski definition) is 0. The van der Waals surface area contributed by atoms with Crippen molar-refractivity contribution < 1.29 is 0 Å². The second kappa shape index (κ2) is 7.01. The van der Waals surface area contributed by atoms with E-state index in [9.17, 15) is 0 Å². The average Bonchev–Trinajstić information content (AvgIpc) is 2.51. The van der Waals surface area contributed by atoms with Gasteiger partial charge in [-0.3, -0.25) is 15.0 Å². The monoisotopic (exact) mass is 249 g/mol. The molecule has 0 aliphatic rings. The van der Waals surface area contributed by atoms with Gasteiger partial charge in [-0.1, -0.05) is 12.1 Å². The van der Waals surface area contributed by atoms with E-state index < -0.39 is 0 Å². The minimum Gasteiger partial charge on any atom is -0.265 e. The number of pyridine rings is 3. The molecular formula is C16H15N3. The topological polar surface area (TPSA) is 38.7 Å². The van der Waals surface area contributed by atoms with Crippen LogP contribution in [0.3, 0.4) is 0 Å². The predicted molar refractivity (Wildman–Crippen MR) is 76.4 cm³/mol. The minimum atomic E-state index is 0.915. The first kappa shape index (κ1) is 12.9. The van der Waals surface area contributed by atoms with Gasteiger partial charge in [0.15, 0.2) is 0 Å². The highest BCUT2D eigenvalue weighted by Crippen LogP contribution is 2.10. The van der Waals surface area contributed by atoms with Crippen LogP contribution >= 0.6 is 0 Å². The molecule has 3 heteroatoms. The van der Waals surface area contributed by atoms with Crippen LogP contribution in [0.15, 0.2) is 73.3 Å². The van der Waals surface area contributed by atoms with E-state index in [-0.39, 0.29) is 0 Å². The van der Waals surface area contributed by atoms with Crippen molar-refractivity contribution in [2.75, 3.05) is 0 Å². The lowest BCUT2D eigenvalue weighted by molar-refractivity contribution is 1.25. The van der Waals surface area contributed by atoms with E-state index in [0.717, 1.165) is 11.4 Å². The second-order valence-electron chi connectivity index (χ2n) is 3.95. The van der Waals surface area contributed by atoms with Crippen molar-refractivity contribution in [2.45, 2.75) is 6.92 Å². The summed E-state index contributed by atoms with van der Waals surface area (Å²) in [6.07, 6.45) is 7.11. The zero-order valence-corrected chi connectivity index (χ0v) is 10.8. The fourth-order valence-corrected chi connectivity index (χ4v) is 1.45. The zero-order chi connectivity index (χ0) is 13.3. The first-order valence-corrected chi connectivity index (χ1v) is 6.05. The maximum atomic E-state index is 4.19. The number of aromatic nitrogens is 3. The molecule has 0 amide bonds. The molecule has 0 atom stereocenters. The van der Waals surface area contributed by atoms with Crippen molar-refractivity contribution in [1.82, 2.24) is 15.0 Å². The molecule has 0 aromatic carbocycles. The second-order valence-corrected chi connectivity index (χ2v) is 3.95. The van der Waals surface area contributed by atoms with Crippen LogP contribution in [0.4, 0.5) is 0 Å². The Morgan fingerprint density at radius 3 is 1.47 bits per heavy atom. The van der Waals surface area contributed by atoms with Gasteiger partial charge < -0.3 is 0 Å². The standard InChI is InChI=1S/C10H8N2.C6H7N/c1-3-7-11-9(5-1)10-6-2-4-8-12-10;1-6-2-4-7-5-3-6/h1-8H;2-5H,1H3. The van der Waals surface area contributed by atoms with Crippen LogP contribution in [-0.4, -0.2) is 15.0 Å². The Bertz CT molecular complexity index is 543. The van der Waals surface area contributed by atoms with Gasteiger partial charge in [0, 0.05) is 24.8 Å². The molecule has 0 saturated carbocycles. The van der Waals surface area contributed by atoms with Crippen LogP contribution in [0, 0.1) is 6.92 Å². The van der Waals surface area contributed by atoms with Gasteiger partial charge in [-0.2, -0.15) is 0 Å². The summed E-state index contributed by atoms with van der Waals surface area (Å²) < 4.78 is 0. The van der Waals surface area contributed by atoms with Crippen molar-refractivity contribution in [1.29, 1.82) is 0 Å². The van der Waals surface area contributed by atoms with E-state index in [1.54, 1.807) is 24.8 Å². The number of hydrogen-bond acceptors (Lipinski definition) is 3. The molecule has 3 aromatic heterocycles. The van der Waals surface area contributed by atoms with Gasteiger partial charge in [0.05, 0.1) is 11.4 Å². The van der Waals surface area contributed by atoms with Crippen LogP contribution in [0.5, 0.6) is 0 Å². The maximum absolute atomic E-state index is 4.19. The molecule has 3 heterocycles. The van der Waals surface area contributed by atoms with Gasteiger partial charge in [-0.05, 0) is 48.9 Å². The highest BCUT2D eigenvalue weighted by Gasteiger charge is 1.95. The summed E-state index contributed by atoms with van der Waals surface area (Å²) >= 11 is 0. The van der Waals surface area contributed by atoms with Gasteiger partial charge in [0.2, 0.25) is 0 Å². The highest BCUT2D eigenvalue weighted by molar-refractivity contribution is 5.52. The Morgan fingerprint density at radius 2 is 1.16 bits per heavy atom. The Morgan fingerprint density at radius 1 is 0.632 bits per heavy atom. The van der Waals surface area contributed by atoms with E-state index in [2.05, 4.69) is 15.0 Å². The fourth-order valence-electron chi connectivity index (χ4n) is 1.45. The van der Waals surface area contributed by atoms with Gasteiger partial charge >= 0.3 is 0 Å². The molecule has 0 aliphatic heterocycles. The quantitative estimate of drug-likeness (QED) is 0.662. The normalized spacial score (nSPS) is 9.32. The molecule has 94 valence electrons. The molecule has 0 saturated heterocycles. The third kappa shape index (κ3) is 4.32. The summed E-state index contributed by atoms with van der Waals surface area (Å²) in [6, 6.07) is 15.5. The number of aryl methyl sites for hydroxylation is 1. The molecule has 0 spiro atoms. The lowest BCUT2D eigenvalue weighted by Crippen LogP contribution is -1.83. The van der Waals surface area contributed by atoms with Crippen LogP contribution in [-0.2, 0) is 0 Å². The Hall–Kier alpha value is -2.55. The van der Waals surface area contributed by atoms with Crippen LogP contribution in [0.2, 0.25) is 0 Å². The summed E-state index contributed by atoms with van der Waals surface area (Å²) in [5.41, 5.74) is 3.09. The van der Waals surface area contributed by atoms with E-state index in [1.807, 2.05) is 55.5 Å². The molecule has 3 nitrogen and oxygen atoms in total. The maximum Gasteiger partial charge on any atom is 0.0886 e. The van der Waals surface area contributed by atoms with Gasteiger partial charge in [0.1, 0.15) is 0 Å². The highest BCUT2D eigenvalue weighted by atomic mass is 14.7. The smallest absolute Gasteiger partial charge is 0.0886 e. The van der Waals surface area contributed by atoms with E-state index in [4.69, 9.17) is 0 Å². The first-order valence-electron chi connectivity index (χ1n) is 6.05. The zero-order valence-electron chi connectivity index (χ0n) is 10.8. The summed E-state index contributed by atoms with van der Waals surface area (Å²) in [6.45, 7) is 2.04. The molecule has 0 N–H and O–H groups in total. The third-order valence-corrected chi connectivity index (χ3v) is 2.44. The summed E-state index contributed by atoms with van der Waals surface area (Å²) in [5, 5.41) is 0. The van der Waals surface area contributed by atoms with Gasteiger partial charge in [-0.15, -0.1) is 0 Å². The SMILES string of the molecule is Cc1ccncc1.c1ccc(-c2ccccn2)nc1. The van der Waals surface area contributed by atoms with Crippen LogP contribution in [0.25, 0.3) is 11.4 Å². The molecule has 3 rings (SSSR count). The molecule has 3 aromatic rings. The van der Waals surface area contributed by atoms with Gasteiger partial charge in [0.25, 0.3) is 0 Å². The van der Waals surface area contributed by atoms with Crippen LogP contribution < -0.4 is 0 Å². The molecule has 0 bridgehead atoms. The van der Waals surface area contributed by atoms with Crippen molar-refractivity contribution in [2.24, 2.45) is 0 Å². The fraction of sp³-hybridized carbons (Fsp3) is 0.0625. The molecule has 0 fully saturated rings. The lowest BCUT2D eigenvalue weighted by atomic mass is 10.2.